The van der Waals surface area contributed by atoms with Crippen molar-refractivity contribution in [1.82, 2.24) is 9.80 Å². The van der Waals surface area contributed by atoms with Crippen molar-refractivity contribution in [1.29, 1.82) is 0 Å². The maximum atomic E-state index is 14.5. The monoisotopic (exact) mass is 444 g/mol. The van der Waals surface area contributed by atoms with Crippen LogP contribution >= 0.6 is 0 Å². The molecule has 0 radical (unpaired) electrons. The molecule has 0 bridgehead atoms. The lowest BCUT2D eigenvalue weighted by Gasteiger charge is -2.34. The highest BCUT2D eigenvalue weighted by molar-refractivity contribution is 6.14. The molecule has 1 heterocycles. The Morgan fingerprint density at radius 1 is 0.677 bits per heavy atom. The first-order chi connectivity index (χ1) is 14.6. The van der Waals surface area contributed by atoms with E-state index in [1.54, 1.807) is 0 Å². The molecule has 0 aromatic heterocycles. The van der Waals surface area contributed by atoms with Gasteiger partial charge in [0, 0.05) is 0 Å². The van der Waals surface area contributed by atoms with Crippen LogP contribution in [0.2, 0.25) is 0 Å². The number of imide groups is 2. The van der Waals surface area contributed by atoms with E-state index in [1.807, 2.05) is 0 Å². The molecule has 1 aliphatic rings. The van der Waals surface area contributed by atoms with Gasteiger partial charge in [-0.3, -0.25) is 19.4 Å². The molecule has 0 aliphatic carbocycles. The fourth-order valence-electron chi connectivity index (χ4n) is 2.98. The third-order valence-electron chi connectivity index (χ3n) is 4.66. The van der Waals surface area contributed by atoms with Crippen molar-refractivity contribution < 1.29 is 40.7 Å². The third-order valence-corrected chi connectivity index (χ3v) is 4.66. The molecule has 31 heavy (non-hydrogen) atoms. The van der Waals surface area contributed by atoms with Crippen LogP contribution in [-0.2, 0) is 9.59 Å². The number of nitrogens with zero attached hydrogens (tertiary/aromatic N) is 2. The minimum atomic E-state index is -2.11. The lowest BCUT2D eigenvalue weighted by molar-refractivity contribution is -0.143. The Hall–Kier alpha value is -3.37. The van der Waals surface area contributed by atoms with Crippen molar-refractivity contribution in [3.05, 3.63) is 70.8 Å². The second-order valence-corrected chi connectivity index (χ2v) is 6.75. The van der Waals surface area contributed by atoms with Crippen molar-refractivity contribution in [2.24, 2.45) is 0 Å². The van der Waals surface area contributed by atoms with Crippen LogP contribution in [-0.4, -0.2) is 40.7 Å². The number of carbonyl (C=O) groups excluding carboxylic acids is 3. The Balaban J connectivity index is 1.76. The highest BCUT2D eigenvalue weighted by atomic mass is 19.2. The highest BCUT2D eigenvalue weighted by Gasteiger charge is 2.40. The summed E-state index contributed by atoms with van der Waals surface area (Å²) >= 11 is 0. The maximum Gasteiger partial charge on any atom is 0.333 e. The van der Waals surface area contributed by atoms with Crippen LogP contribution in [0.3, 0.4) is 0 Å². The van der Waals surface area contributed by atoms with Crippen molar-refractivity contribution in [2.75, 3.05) is 13.1 Å². The Morgan fingerprint density at radius 2 is 1.06 bits per heavy atom. The minimum absolute atomic E-state index is 0.352. The first-order valence-electron chi connectivity index (χ1n) is 8.91. The van der Waals surface area contributed by atoms with Crippen LogP contribution in [0.1, 0.15) is 29.9 Å². The third kappa shape index (κ3) is 4.70. The van der Waals surface area contributed by atoms with Gasteiger partial charge in [-0.25, -0.2) is 31.1 Å². The highest BCUT2D eigenvalue weighted by Crippen LogP contribution is 2.26. The summed E-state index contributed by atoms with van der Waals surface area (Å²) in [5, 5.41) is 0. The lowest BCUT2D eigenvalue weighted by atomic mass is 10.1. The first kappa shape index (κ1) is 22.3. The molecule has 4 amide bonds. The molecule has 1 fully saturated rings. The van der Waals surface area contributed by atoms with E-state index in [2.05, 4.69) is 0 Å². The molecular formula is C20H14F6N2O3. The average molecular weight is 444 g/mol. The molecule has 0 unspecified atom stereocenters. The van der Waals surface area contributed by atoms with Crippen LogP contribution in [0.25, 0.3) is 0 Å². The SMILES string of the molecule is O=C1CC(=O)N(C[C@H](F)c2ccc(F)c(F)c2)C(=O)N1C[C@H](F)c1ccc(F)c(F)c1. The van der Waals surface area contributed by atoms with Gasteiger partial charge in [0.2, 0.25) is 11.8 Å². The maximum absolute atomic E-state index is 14.5. The van der Waals surface area contributed by atoms with Gasteiger partial charge in [-0.2, -0.15) is 0 Å². The molecule has 1 aliphatic heterocycles. The summed E-state index contributed by atoms with van der Waals surface area (Å²) < 4.78 is 81.7. The summed E-state index contributed by atoms with van der Waals surface area (Å²) in [7, 11) is 0. The number of barbiturate groups is 1. The van der Waals surface area contributed by atoms with E-state index in [4.69, 9.17) is 0 Å². The van der Waals surface area contributed by atoms with Crippen molar-refractivity contribution in [2.45, 2.75) is 18.8 Å². The second kappa shape index (κ2) is 8.78. The van der Waals surface area contributed by atoms with E-state index in [9.17, 15) is 40.7 Å². The number of alkyl halides is 2. The summed E-state index contributed by atoms with van der Waals surface area (Å²) in [4.78, 5) is 37.4. The van der Waals surface area contributed by atoms with E-state index in [0.29, 0.717) is 34.1 Å². The topological polar surface area (TPSA) is 57.7 Å². The molecule has 164 valence electrons. The van der Waals surface area contributed by atoms with E-state index >= 15 is 0 Å². The molecule has 0 N–H and O–H groups in total. The van der Waals surface area contributed by atoms with E-state index in [1.165, 1.54) is 0 Å². The predicted octanol–water partition coefficient (Wildman–Crippen LogP) is 4.15. The standard InChI is InChI=1S/C20H14F6N2O3/c21-12-3-1-10(5-14(12)23)16(25)8-27-18(29)7-19(30)28(20(27)31)9-17(26)11-2-4-13(22)15(24)6-11/h1-6,16-17H,7-9H2/t16-,17-/m0/s1. The number of carbonyl (C=O) groups is 3. The largest absolute Gasteiger partial charge is 0.333 e. The summed E-state index contributed by atoms with van der Waals surface area (Å²) in [6, 6.07) is 2.98. The number of hydrogen-bond donors (Lipinski definition) is 0. The van der Waals surface area contributed by atoms with E-state index in [0.717, 1.165) is 12.1 Å². The average Bonchev–Trinajstić information content (AvgIpc) is 2.72. The number of amides is 4. The predicted molar refractivity (Wildman–Crippen MR) is 93.9 cm³/mol. The zero-order valence-corrected chi connectivity index (χ0v) is 15.6. The molecule has 11 heteroatoms. The van der Waals surface area contributed by atoms with Crippen molar-refractivity contribution >= 4 is 17.8 Å². The molecule has 3 rings (SSSR count). The Bertz CT molecular complexity index is 968. The van der Waals surface area contributed by atoms with Crippen LogP contribution in [0.5, 0.6) is 0 Å². The van der Waals surface area contributed by atoms with Gasteiger partial charge in [0.1, 0.15) is 18.8 Å². The van der Waals surface area contributed by atoms with Gasteiger partial charge in [0.05, 0.1) is 13.1 Å². The summed E-state index contributed by atoms with van der Waals surface area (Å²) in [6.45, 7) is -1.84. The number of rotatable bonds is 6. The zero-order chi connectivity index (χ0) is 22.9. The van der Waals surface area contributed by atoms with Gasteiger partial charge in [0.15, 0.2) is 23.3 Å². The van der Waals surface area contributed by atoms with Crippen molar-refractivity contribution in [3.63, 3.8) is 0 Å². The zero-order valence-electron chi connectivity index (χ0n) is 15.6. The lowest BCUT2D eigenvalue weighted by Crippen LogP contribution is -2.56. The summed E-state index contributed by atoms with van der Waals surface area (Å²) in [5.41, 5.74) is -0.707. The van der Waals surface area contributed by atoms with Crippen LogP contribution in [0.4, 0.5) is 31.1 Å². The van der Waals surface area contributed by atoms with Gasteiger partial charge >= 0.3 is 6.03 Å². The van der Waals surface area contributed by atoms with Crippen LogP contribution in [0.15, 0.2) is 36.4 Å². The van der Waals surface area contributed by atoms with Crippen LogP contribution in [0, 0.1) is 23.3 Å². The Kier molecular flexibility index (Phi) is 6.32. The molecular weight excluding hydrogens is 430 g/mol. The first-order valence-corrected chi connectivity index (χ1v) is 8.91. The van der Waals surface area contributed by atoms with Crippen molar-refractivity contribution in [3.8, 4) is 0 Å². The number of halogens is 6. The van der Waals surface area contributed by atoms with Gasteiger partial charge in [-0.15, -0.1) is 0 Å². The van der Waals surface area contributed by atoms with Gasteiger partial charge < -0.3 is 0 Å². The summed E-state index contributed by atoms with van der Waals surface area (Å²) in [6.07, 6.45) is -5.07. The van der Waals surface area contributed by atoms with Gasteiger partial charge in [-0.05, 0) is 35.4 Å². The Morgan fingerprint density at radius 3 is 1.42 bits per heavy atom. The second-order valence-electron chi connectivity index (χ2n) is 6.75. The molecule has 2 aromatic rings. The van der Waals surface area contributed by atoms with Gasteiger partial charge in [-0.1, -0.05) is 12.1 Å². The number of hydrogen-bond acceptors (Lipinski definition) is 3. The smallest absolute Gasteiger partial charge is 0.274 e. The van der Waals surface area contributed by atoms with E-state index in [-0.39, 0.29) is 11.1 Å². The van der Waals surface area contributed by atoms with Crippen LogP contribution < -0.4 is 0 Å². The molecule has 2 aromatic carbocycles. The fourth-order valence-corrected chi connectivity index (χ4v) is 2.98. The van der Waals surface area contributed by atoms with Gasteiger partial charge in [0.25, 0.3) is 0 Å². The Labute approximate surface area is 171 Å². The fraction of sp³-hybridized carbons (Fsp3) is 0.250. The quantitative estimate of drug-likeness (QED) is 0.497. The molecule has 2 atom stereocenters. The number of benzene rings is 2. The molecule has 0 spiro atoms. The molecule has 0 saturated carbocycles. The summed E-state index contributed by atoms with van der Waals surface area (Å²) in [5.74, 6) is -7.22. The number of urea groups is 1. The minimum Gasteiger partial charge on any atom is -0.274 e. The normalized spacial score (nSPS) is 16.6. The molecule has 1 saturated heterocycles. The molecule has 5 nitrogen and oxygen atoms in total. The van der Waals surface area contributed by atoms with E-state index < -0.39 is 73.0 Å².